The summed E-state index contributed by atoms with van der Waals surface area (Å²) in [6.07, 6.45) is -3.67. The maximum absolute atomic E-state index is 8.56. The van der Waals surface area contributed by atoms with Gasteiger partial charge in [0.05, 0.1) is 0 Å². The molecule has 7 nitrogen and oxygen atoms in total. The Labute approximate surface area is 128 Å². The van der Waals surface area contributed by atoms with Crippen molar-refractivity contribution in [3.63, 3.8) is 0 Å². The average Bonchev–Trinajstić information content (AvgIpc) is 1.25. The van der Waals surface area contributed by atoms with E-state index in [9.17, 15) is 0 Å². The first-order valence-electron chi connectivity index (χ1n) is 1.30. The molecule has 0 saturated carbocycles. The van der Waals surface area contributed by atoms with E-state index in [2.05, 4.69) is 0 Å². The maximum Gasteiger partial charge on any atom is 2.00 e. The van der Waals surface area contributed by atoms with E-state index in [0.717, 1.165) is 0 Å². The van der Waals surface area contributed by atoms with Crippen LogP contribution in [0.4, 0.5) is 9.59 Å². The predicted octanol–water partition coefficient (Wildman–Crippen LogP) is 0.295. The van der Waals surface area contributed by atoms with Gasteiger partial charge in [0, 0.05) is 0 Å². The summed E-state index contributed by atoms with van der Waals surface area (Å²) in [6, 6.07) is 0. The third-order valence-corrected chi connectivity index (χ3v) is 0. The minimum atomic E-state index is -1.83. The number of hydrogen-bond acceptors (Lipinski definition) is 3. The molecule has 0 aliphatic carbocycles. The van der Waals surface area contributed by atoms with Crippen molar-refractivity contribution in [2.24, 2.45) is 0 Å². The molecular weight excluding hydrogens is 214 g/mol. The van der Waals surface area contributed by atoms with E-state index in [0.29, 0.717) is 0 Å². The Morgan fingerprint density at radius 3 is 0.818 bits per heavy atom. The Morgan fingerprint density at radius 2 is 0.818 bits per heavy atom. The molecule has 0 unspecified atom stereocenters. The summed E-state index contributed by atoms with van der Waals surface area (Å²) < 4.78 is 0. The molecule has 0 spiro atoms. The van der Waals surface area contributed by atoms with Gasteiger partial charge < -0.3 is 32.3 Å². The van der Waals surface area contributed by atoms with E-state index < -0.39 is 12.3 Å². The minimum Gasteiger partial charge on any atom is -1.00 e. The molecule has 7 N–H and O–H groups in total. The fourth-order valence-electron chi connectivity index (χ4n) is 0. The standard InChI is InChI=1S/2CH2O3.2Ca.H3N.4H/c2*2-1(3)4;;;;;;;/h2*(H2,2,3,4);;;1H3;;;;/q;;2*+2;;4*-1. The summed E-state index contributed by atoms with van der Waals surface area (Å²) in [5.41, 5.74) is 0. The Bertz CT molecular complexity index is 89.1. The number of rotatable bonds is 0. The van der Waals surface area contributed by atoms with Gasteiger partial charge in [0.2, 0.25) is 0 Å². The second-order valence-corrected chi connectivity index (χ2v) is 0.565. The van der Waals surface area contributed by atoms with E-state index in [4.69, 9.17) is 30.0 Å². The Balaban J connectivity index is -0.00000000468. The van der Waals surface area contributed by atoms with E-state index in [1.165, 1.54) is 0 Å². The molecule has 0 fully saturated rings. The first-order chi connectivity index (χ1) is 3.46. The third-order valence-electron chi connectivity index (χ3n) is 0. The van der Waals surface area contributed by atoms with Gasteiger partial charge in [-0.2, -0.15) is 0 Å². The van der Waals surface area contributed by atoms with Gasteiger partial charge in [0.15, 0.2) is 0 Å². The van der Waals surface area contributed by atoms with Crippen molar-refractivity contribution >= 4 is 87.8 Å². The molecule has 0 saturated heterocycles. The molecule has 0 atom stereocenters. The van der Waals surface area contributed by atoms with Crippen molar-refractivity contribution in [3.8, 4) is 0 Å². The summed E-state index contributed by atoms with van der Waals surface area (Å²) in [5, 5.41) is 27.9. The molecule has 0 bridgehead atoms. The van der Waals surface area contributed by atoms with Crippen LogP contribution in [0.2, 0.25) is 0 Å². The topological polar surface area (TPSA) is 150 Å². The fraction of sp³-hybridized carbons (Fsp3) is 0. The molecular formula is C2H11Ca2NO6. The van der Waals surface area contributed by atoms with Crippen LogP contribution in [0.5, 0.6) is 0 Å². The van der Waals surface area contributed by atoms with Crippen molar-refractivity contribution < 1.29 is 35.7 Å². The summed E-state index contributed by atoms with van der Waals surface area (Å²) in [4.78, 5) is 17.1. The van der Waals surface area contributed by atoms with Gasteiger partial charge in [-0.15, -0.1) is 0 Å². The van der Waals surface area contributed by atoms with Crippen molar-refractivity contribution in [2.45, 2.75) is 0 Å². The fourth-order valence-corrected chi connectivity index (χ4v) is 0. The van der Waals surface area contributed by atoms with Crippen molar-refractivity contribution in [1.82, 2.24) is 6.15 Å². The van der Waals surface area contributed by atoms with Crippen molar-refractivity contribution in [2.75, 3.05) is 0 Å². The molecule has 64 valence electrons. The van der Waals surface area contributed by atoms with Crippen molar-refractivity contribution in [1.29, 1.82) is 0 Å². The molecule has 0 radical (unpaired) electrons. The van der Waals surface area contributed by atoms with Crippen LogP contribution in [0.15, 0.2) is 0 Å². The third kappa shape index (κ3) is 863. The first-order valence-corrected chi connectivity index (χ1v) is 1.30. The van der Waals surface area contributed by atoms with E-state index in [-0.39, 0.29) is 87.3 Å². The largest absolute Gasteiger partial charge is 2.00 e. The SMILES string of the molecule is N.O=C(O)O.O=C(O)O.[Ca+2].[Ca+2].[H-].[H-].[H-].[H-]. The molecule has 9 heteroatoms. The van der Waals surface area contributed by atoms with Crippen LogP contribution in [0.25, 0.3) is 0 Å². The molecule has 0 aliphatic rings. The molecule has 0 amide bonds. The summed E-state index contributed by atoms with van der Waals surface area (Å²) in [5.74, 6) is 0. The number of hydrogen-bond donors (Lipinski definition) is 5. The van der Waals surface area contributed by atoms with Gasteiger partial charge in [-0.1, -0.05) is 0 Å². The van der Waals surface area contributed by atoms with Gasteiger partial charge in [-0.3, -0.25) is 0 Å². The smallest absolute Gasteiger partial charge is 1.00 e. The summed E-state index contributed by atoms with van der Waals surface area (Å²) in [6.45, 7) is 0. The molecule has 0 aliphatic heterocycles. The second kappa shape index (κ2) is 22.5. The number of carboxylic acid groups (broad SMARTS) is 4. The predicted molar refractivity (Wildman–Crippen MR) is 42.3 cm³/mol. The monoisotopic (exact) mass is 225 g/mol. The maximum atomic E-state index is 8.56. The van der Waals surface area contributed by atoms with Crippen LogP contribution >= 0.6 is 0 Å². The zero-order valence-electron chi connectivity index (χ0n) is 9.73. The van der Waals surface area contributed by atoms with E-state index >= 15 is 0 Å². The van der Waals surface area contributed by atoms with Crippen LogP contribution in [-0.2, 0) is 0 Å². The van der Waals surface area contributed by atoms with Crippen LogP contribution in [0, 0.1) is 0 Å². The van der Waals surface area contributed by atoms with Gasteiger partial charge in [0.25, 0.3) is 0 Å². The minimum absolute atomic E-state index is 0. The van der Waals surface area contributed by atoms with Crippen LogP contribution in [0.1, 0.15) is 5.71 Å². The van der Waals surface area contributed by atoms with E-state index in [1.807, 2.05) is 0 Å². The molecule has 0 aromatic rings. The normalized spacial score (nSPS) is 4.36. The zero-order valence-corrected chi connectivity index (χ0v) is 10.1. The van der Waals surface area contributed by atoms with Gasteiger partial charge >= 0.3 is 87.8 Å². The Hall–Kier alpha value is 1.02. The molecule has 0 aromatic heterocycles. The average molecular weight is 225 g/mol. The summed E-state index contributed by atoms with van der Waals surface area (Å²) >= 11 is 0. The molecule has 0 rings (SSSR count). The molecule has 11 heavy (non-hydrogen) atoms. The molecule has 0 heterocycles. The summed E-state index contributed by atoms with van der Waals surface area (Å²) in [7, 11) is 0. The Kier molecular flexibility index (Phi) is 60.5. The van der Waals surface area contributed by atoms with Gasteiger partial charge in [-0.05, 0) is 0 Å². The van der Waals surface area contributed by atoms with Crippen LogP contribution in [0.3, 0.4) is 0 Å². The van der Waals surface area contributed by atoms with Gasteiger partial charge in [-0.25, -0.2) is 9.59 Å². The van der Waals surface area contributed by atoms with Gasteiger partial charge in [0.1, 0.15) is 0 Å². The second-order valence-electron chi connectivity index (χ2n) is 0.565. The first kappa shape index (κ1) is 29.6. The van der Waals surface area contributed by atoms with E-state index in [1.54, 1.807) is 0 Å². The van der Waals surface area contributed by atoms with Crippen LogP contribution in [-0.4, -0.2) is 108 Å². The van der Waals surface area contributed by atoms with Crippen molar-refractivity contribution in [3.05, 3.63) is 0 Å². The quantitative estimate of drug-likeness (QED) is 0.372. The van der Waals surface area contributed by atoms with Crippen LogP contribution < -0.4 is 6.15 Å². The molecule has 0 aromatic carbocycles. The number of carbonyl (C=O) groups is 2. The zero-order chi connectivity index (χ0) is 7.15. The Morgan fingerprint density at radius 1 is 0.818 bits per heavy atom.